The van der Waals surface area contributed by atoms with Crippen LogP contribution in [-0.4, -0.2) is 7.11 Å². The molecule has 3 N–H and O–H groups in total. The van der Waals surface area contributed by atoms with Crippen molar-refractivity contribution in [3.63, 3.8) is 0 Å². The van der Waals surface area contributed by atoms with E-state index in [1.165, 1.54) is 13.2 Å². The highest BCUT2D eigenvalue weighted by molar-refractivity contribution is 5.65. The second-order valence-corrected chi connectivity index (χ2v) is 4.11. The van der Waals surface area contributed by atoms with E-state index in [1.54, 1.807) is 18.2 Å². The topological polar surface area (TPSA) is 47.3 Å². The molecule has 0 saturated carbocycles. The lowest BCUT2D eigenvalue weighted by atomic mass is 10.2. The molecule has 0 aliphatic carbocycles. The van der Waals surface area contributed by atoms with Gasteiger partial charge >= 0.3 is 0 Å². The zero-order chi connectivity index (χ0) is 13.1. The van der Waals surface area contributed by atoms with Gasteiger partial charge in [-0.05, 0) is 42.8 Å². The lowest BCUT2D eigenvalue weighted by molar-refractivity contribution is 0.386. The van der Waals surface area contributed by atoms with Gasteiger partial charge in [-0.1, -0.05) is 0 Å². The van der Waals surface area contributed by atoms with E-state index in [9.17, 15) is 4.39 Å². The normalized spacial score (nSPS) is 10.2. The van der Waals surface area contributed by atoms with Gasteiger partial charge in [0.25, 0.3) is 0 Å². The number of aryl methyl sites for hydroxylation is 1. The minimum absolute atomic E-state index is 0.226. The van der Waals surface area contributed by atoms with Crippen molar-refractivity contribution in [2.45, 2.75) is 6.92 Å². The van der Waals surface area contributed by atoms with E-state index < -0.39 is 5.82 Å². The largest absolute Gasteiger partial charge is 0.494 e. The molecule has 4 heteroatoms. The first-order valence-corrected chi connectivity index (χ1v) is 5.56. The molecule has 18 heavy (non-hydrogen) atoms. The number of hydrogen-bond acceptors (Lipinski definition) is 3. The predicted octanol–water partition coefficient (Wildman–Crippen LogP) is 3.47. The monoisotopic (exact) mass is 246 g/mol. The van der Waals surface area contributed by atoms with Crippen molar-refractivity contribution in [1.82, 2.24) is 0 Å². The Labute approximate surface area is 105 Å². The third kappa shape index (κ3) is 2.71. The number of ether oxygens (including phenoxy) is 1. The highest BCUT2D eigenvalue weighted by Gasteiger charge is 2.04. The van der Waals surface area contributed by atoms with Crippen LogP contribution in [0.4, 0.5) is 21.5 Å². The number of nitrogens with two attached hydrogens (primary N) is 1. The molecule has 0 atom stereocenters. The molecule has 0 heterocycles. The summed E-state index contributed by atoms with van der Waals surface area (Å²) in [5, 5.41) is 3.10. The van der Waals surface area contributed by atoms with Gasteiger partial charge in [0.2, 0.25) is 0 Å². The van der Waals surface area contributed by atoms with Crippen molar-refractivity contribution < 1.29 is 9.13 Å². The van der Waals surface area contributed by atoms with Gasteiger partial charge in [0.15, 0.2) is 11.6 Å². The number of hydrogen-bond donors (Lipinski definition) is 2. The van der Waals surface area contributed by atoms with E-state index in [1.807, 2.05) is 19.1 Å². The molecule has 2 aromatic carbocycles. The van der Waals surface area contributed by atoms with Gasteiger partial charge in [-0.2, -0.15) is 0 Å². The van der Waals surface area contributed by atoms with Crippen LogP contribution in [0.3, 0.4) is 0 Å². The van der Waals surface area contributed by atoms with Crippen LogP contribution in [0.1, 0.15) is 5.56 Å². The number of benzene rings is 2. The molecule has 0 bridgehead atoms. The van der Waals surface area contributed by atoms with Crippen molar-refractivity contribution in [3.05, 3.63) is 47.8 Å². The molecule has 0 unspecified atom stereocenters. The number of rotatable bonds is 3. The molecule has 0 amide bonds. The Morgan fingerprint density at radius 2 is 1.89 bits per heavy atom. The summed E-state index contributed by atoms with van der Waals surface area (Å²) in [5.74, 6) is -0.174. The van der Waals surface area contributed by atoms with Gasteiger partial charge in [-0.25, -0.2) is 4.39 Å². The van der Waals surface area contributed by atoms with E-state index in [-0.39, 0.29) is 5.75 Å². The molecule has 3 nitrogen and oxygen atoms in total. The van der Waals surface area contributed by atoms with E-state index in [4.69, 9.17) is 10.5 Å². The minimum Gasteiger partial charge on any atom is -0.494 e. The second kappa shape index (κ2) is 4.96. The first-order chi connectivity index (χ1) is 8.58. The predicted molar refractivity (Wildman–Crippen MR) is 71.8 cm³/mol. The van der Waals surface area contributed by atoms with E-state index in [0.717, 1.165) is 11.3 Å². The highest BCUT2D eigenvalue weighted by Crippen LogP contribution is 2.25. The third-order valence-electron chi connectivity index (χ3n) is 2.54. The average molecular weight is 246 g/mol. The molecule has 0 aliphatic rings. The summed E-state index contributed by atoms with van der Waals surface area (Å²) in [6.07, 6.45) is 0. The Hall–Kier alpha value is -2.23. The number of halogens is 1. The zero-order valence-corrected chi connectivity index (χ0v) is 10.3. The Morgan fingerprint density at radius 1 is 1.11 bits per heavy atom. The standard InChI is InChI=1S/C14H15FN2O/c1-9-5-10(16)7-12(6-9)17-11-3-4-14(18-2)13(15)8-11/h3-8,17H,16H2,1-2H3. The lowest BCUT2D eigenvalue weighted by Gasteiger charge is -2.10. The number of methoxy groups -OCH3 is 1. The van der Waals surface area contributed by atoms with Gasteiger partial charge < -0.3 is 15.8 Å². The fraction of sp³-hybridized carbons (Fsp3) is 0.143. The zero-order valence-electron chi connectivity index (χ0n) is 10.3. The van der Waals surface area contributed by atoms with Gasteiger partial charge in [0.05, 0.1) is 7.11 Å². The Morgan fingerprint density at radius 3 is 2.50 bits per heavy atom. The Balaban J connectivity index is 2.25. The van der Waals surface area contributed by atoms with E-state index in [2.05, 4.69) is 5.32 Å². The summed E-state index contributed by atoms with van der Waals surface area (Å²) in [7, 11) is 1.44. The van der Waals surface area contributed by atoms with Crippen molar-refractivity contribution in [1.29, 1.82) is 0 Å². The van der Waals surface area contributed by atoms with Crippen LogP contribution < -0.4 is 15.8 Å². The first-order valence-electron chi connectivity index (χ1n) is 5.56. The second-order valence-electron chi connectivity index (χ2n) is 4.11. The summed E-state index contributed by atoms with van der Waals surface area (Å²) in [6.45, 7) is 1.95. The smallest absolute Gasteiger partial charge is 0.167 e. The summed E-state index contributed by atoms with van der Waals surface area (Å²) in [4.78, 5) is 0. The Bertz CT molecular complexity index is 549. The van der Waals surface area contributed by atoms with Crippen LogP contribution in [0.25, 0.3) is 0 Å². The molecule has 0 aromatic heterocycles. The first kappa shape index (κ1) is 12.2. The minimum atomic E-state index is -0.400. The molecule has 94 valence electrons. The van der Waals surface area contributed by atoms with E-state index >= 15 is 0 Å². The molecule has 0 fully saturated rings. The van der Waals surface area contributed by atoms with Crippen LogP contribution in [0.2, 0.25) is 0 Å². The molecule has 2 aromatic rings. The van der Waals surface area contributed by atoms with Crippen LogP contribution in [0, 0.1) is 12.7 Å². The summed E-state index contributed by atoms with van der Waals surface area (Å²) in [6, 6.07) is 10.3. The van der Waals surface area contributed by atoms with Crippen molar-refractivity contribution >= 4 is 17.1 Å². The van der Waals surface area contributed by atoms with Crippen LogP contribution >= 0.6 is 0 Å². The maximum Gasteiger partial charge on any atom is 0.167 e. The van der Waals surface area contributed by atoms with Gasteiger partial charge in [-0.3, -0.25) is 0 Å². The Kier molecular flexibility index (Phi) is 3.37. The highest BCUT2D eigenvalue weighted by atomic mass is 19.1. The molecule has 2 rings (SSSR count). The average Bonchev–Trinajstić information content (AvgIpc) is 2.27. The van der Waals surface area contributed by atoms with Crippen LogP contribution in [-0.2, 0) is 0 Å². The summed E-state index contributed by atoms with van der Waals surface area (Å²) < 4.78 is 18.4. The fourth-order valence-electron chi connectivity index (χ4n) is 1.80. The maximum atomic E-state index is 13.5. The van der Waals surface area contributed by atoms with Crippen molar-refractivity contribution in [2.75, 3.05) is 18.2 Å². The number of nitrogen functional groups attached to an aromatic ring is 1. The molecule has 0 spiro atoms. The number of anilines is 3. The van der Waals surface area contributed by atoms with Gasteiger partial charge in [0, 0.05) is 23.1 Å². The summed E-state index contributed by atoms with van der Waals surface area (Å²) >= 11 is 0. The SMILES string of the molecule is COc1ccc(Nc2cc(C)cc(N)c2)cc1F. The molecular weight excluding hydrogens is 231 g/mol. The van der Waals surface area contributed by atoms with Gasteiger partial charge in [-0.15, -0.1) is 0 Å². The number of nitrogens with one attached hydrogen (secondary N) is 1. The lowest BCUT2D eigenvalue weighted by Crippen LogP contribution is -1.95. The molecule has 0 aliphatic heterocycles. The third-order valence-corrected chi connectivity index (χ3v) is 2.54. The van der Waals surface area contributed by atoms with E-state index in [0.29, 0.717) is 11.4 Å². The molecule has 0 saturated heterocycles. The molecule has 0 radical (unpaired) electrons. The fourth-order valence-corrected chi connectivity index (χ4v) is 1.80. The van der Waals surface area contributed by atoms with Crippen LogP contribution in [0.15, 0.2) is 36.4 Å². The van der Waals surface area contributed by atoms with Gasteiger partial charge in [0.1, 0.15) is 0 Å². The van der Waals surface area contributed by atoms with Crippen molar-refractivity contribution in [3.8, 4) is 5.75 Å². The molecular formula is C14H15FN2O. The quantitative estimate of drug-likeness (QED) is 0.815. The van der Waals surface area contributed by atoms with Crippen molar-refractivity contribution in [2.24, 2.45) is 0 Å². The maximum absolute atomic E-state index is 13.5. The summed E-state index contributed by atoms with van der Waals surface area (Å²) in [5.41, 5.74) is 8.96. The van der Waals surface area contributed by atoms with Crippen LogP contribution in [0.5, 0.6) is 5.75 Å².